The van der Waals surface area contributed by atoms with Crippen molar-refractivity contribution >= 4 is 5.91 Å². The molecule has 2 heterocycles. The van der Waals surface area contributed by atoms with Crippen LogP contribution in [0.15, 0.2) is 22.8 Å². The van der Waals surface area contributed by atoms with Crippen LogP contribution in [-0.4, -0.2) is 30.9 Å². The summed E-state index contributed by atoms with van der Waals surface area (Å²) in [5.74, 6) is -0.249. The summed E-state index contributed by atoms with van der Waals surface area (Å²) in [6.07, 6.45) is 5.68. The standard InChI is InChI=1S/C13H17NO4/c15-12(11-4-3-7-16-11)14-8-10-9-17-13(18-10)5-1-2-6-13/h3-4,7,10H,1-2,5-6,8-9H2,(H,14,15)/t10-/m1/s1. The van der Waals surface area contributed by atoms with Crippen molar-refractivity contribution in [1.82, 2.24) is 5.32 Å². The second-order valence-electron chi connectivity index (χ2n) is 4.86. The van der Waals surface area contributed by atoms with Crippen LogP contribution in [0.2, 0.25) is 0 Å². The predicted molar refractivity (Wildman–Crippen MR) is 63.1 cm³/mol. The lowest BCUT2D eigenvalue weighted by Crippen LogP contribution is -2.35. The zero-order valence-corrected chi connectivity index (χ0v) is 10.2. The van der Waals surface area contributed by atoms with E-state index in [9.17, 15) is 4.79 Å². The van der Waals surface area contributed by atoms with E-state index in [4.69, 9.17) is 13.9 Å². The van der Waals surface area contributed by atoms with Crippen LogP contribution in [0.1, 0.15) is 36.2 Å². The van der Waals surface area contributed by atoms with E-state index in [0.717, 1.165) is 25.7 Å². The molecule has 3 rings (SSSR count). The maximum absolute atomic E-state index is 11.7. The van der Waals surface area contributed by atoms with Crippen molar-refractivity contribution in [2.75, 3.05) is 13.2 Å². The summed E-state index contributed by atoms with van der Waals surface area (Å²) in [4.78, 5) is 11.7. The average molecular weight is 251 g/mol. The predicted octanol–water partition coefficient (Wildman–Crippen LogP) is 1.70. The van der Waals surface area contributed by atoms with E-state index in [1.807, 2.05) is 0 Å². The Hall–Kier alpha value is -1.33. The van der Waals surface area contributed by atoms with Gasteiger partial charge in [-0.15, -0.1) is 0 Å². The number of amides is 1. The van der Waals surface area contributed by atoms with Crippen LogP contribution >= 0.6 is 0 Å². The number of rotatable bonds is 3. The maximum Gasteiger partial charge on any atom is 0.287 e. The number of ether oxygens (including phenoxy) is 2. The highest BCUT2D eigenvalue weighted by molar-refractivity contribution is 5.91. The Balaban J connectivity index is 1.48. The molecule has 1 saturated heterocycles. The number of carbonyl (C=O) groups is 1. The number of hydrogen-bond acceptors (Lipinski definition) is 4. The van der Waals surface area contributed by atoms with E-state index in [2.05, 4.69) is 5.32 Å². The molecule has 1 aromatic rings. The SMILES string of the molecule is O=C(NC[C@@H]1COC2(CCCC2)O1)c1ccco1. The van der Waals surface area contributed by atoms with E-state index in [1.165, 1.54) is 6.26 Å². The van der Waals surface area contributed by atoms with Gasteiger partial charge in [-0.05, 0) is 25.0 Å². The van der Waals surface area contributed by atoms with Crippen molar-refractivity contribution in [3.8, 4) is 0 Å². The molecule has 2 aliphatic rings. The van der Waals surface area contributed by atoms with Gasteiger partial charge in [0.25, 0.3) is 5.91 Å². The third-order valence-electron chi connectivity index (χ3n) is 3.51. The lowest BCUT2D eigenvalue weighted by molar-refractivity contribution is -0.161. The molecule has 1 aromatic heterocycles. The first kappa shape index (κ1) is 11.7. The fourth-order valence-corrected chi connectivity index (χ4v) is 2.59. The summed E-state index contributed by atoms with van der Waals surface area (Å²) >= 11 is 0. The van der Waals surface area contributed by atoms with Crippen LogP contribution in [0.4, 0.5) is 0 Å². The molecule has 1 spiro atoms. The summed E-state index contributed by atoms with van der Waals surface area (Å²) in [5, 5.41) is 2.80. The Morgan fingerprint density at radius 2 is 2.28 bits per heavy atom. The van der Waals surface area contributed by atoms with Crippen LogP contribution in [-0.2, 0) is 9.47 Å². The lowest BCUT2D eigenvalue weighted by atomic mass is 10.2. The average Bonchev–Trinajstić information content (AvgIpc) is 3.09. The smallest absolute Gasteiger partial charge is 0.287 e. The first-order valence-electron chi connectivity index (χ1n) is 6.41. The summed E-state index contributed by atoms with van der Waals surface area (Å²) in [7, 11) is 0. The molecule has 0 aromatic carbocycles. The van der Waals surface area contributed by atoms with Crippen LogP contribution in [0.5, 0.6) is 0 Å². The highest BCUT2D eigenvalue weighted by Crippen LogP contribution is 2.38. The topological polar surface area (TPSA) is 60.7 Å². The lowest BCUT2D eigenvalue weighted by Gasteiger charge is -2.21. The van der Waals surface area contributed by atoms with Crippen LogP contribution in [0.25, 0.3) is 0 Å². The van der Waals surface area contributed by atoms with Gasteiger partial charge in [-0.1, -0.05) is 0 Å². The van der Waals surface area contributed by atoms with Crippen molar-refractivity contribution < 1.29 is 18.7 Å². The monoisotopic (exact) mass is 251 g/mol. The highest BCUT2D eigenvalue weighted by atomic mass is 16.7. The minimum Gasteiger partial charge on any atom is -0.459 e. The molecule has 1 aliphatic carbocycles. The van der Waals surface area contributed by atoms with Gasteiger partial charge in [-0.25, -0.2) is 0 Å². The molecule has 2 fully saturated rings. The molecule has 98 valence electrons. The van der Waals surface area contributed by atoms with Crippen LogP contribution < -0.4 is 5.32 Å². The molecular formula is C13H17NO4. The quantitative estimate of drug-likeness (QED) is 0.888. The molecular weight excluding hydrogens is 234 g/mol. The molecule has 1 amide bonds. The Morgan fingerprint density at radius 1 is 1.44 bits per heavy atom. The van der Waals surface area contributed by atoms with Crippen molar-refractivity contribution in [3.63, 3.8) is 0 Å². The molecule has 1 saturated carbocycles. The van der Waals surface area contributed by atoms with Crippen molar-refractivity contribution in [1.29, 1.82) is 0 Å². The van der Waals surface area contributed by atoms with E-state index in [1.54, 1.807) is 12.1 Å². The van der Waals surface area contributed by atoms with Crippen molar-refractivity contribution in [2.24, 2.45) is 0 Å². The number of nitrogens with one attached hydrogen (secondary N) is 1. The molecule has 5 heteroatoms. The molecule has 0 unspecified atom stereocenters. The van der Waals surface area contributed by atoms with Gasteiger partial charge in [-0.2, -0.15) is 0 Å². The molecule has 1 aliphatic heterocycles. The largest absolute Gasteiger partial charge is 0.459 e. The zero-order valence-electron chi connectivity index (χ0n) is 10.2. The Labute approximate surface area is 105 Å². The summed E-state index contributed by atoms with van der Waals surface area (Å²) in [6.45, 7) is 1.01. The molecule has 5 nitrogen and oxygen atoms in total. The van der Waals surface area contributed by atoms with Gasteiger partial charge < -0.3 is 19.2 Å². The number of hydrogen-bond donors (Lipinski definition) is 1. The molecule has 0 bridgehead atoms. The first-order valence-corrected chi connectivity index (χ1v) is 6.41. The minimum atomic E-state index is -0.361. The fraction of sp³-hybridized carbons (Fsp3) is 0.615. The highest BCUT2D eigenvalue weighted by Gasteiger charge is 2.43. The van der Waals surface area contributed by atoms with E-state index >= 15 is 0 Å². The van der Waals surface area contributed by atoms with Gasteiger partial charge in [0.1, 0.15) is 6.10 Å². The van der Waals surface area contributed by atoms with Crippen molar-refractivity contribution in [3.05, 3.63) is 24.2 Å². The number of furan rings is 1. The normalized spacial score (nSPS) is 25.7. The zero-order chi connectivity index (χ0) is 12.4. The van der Waals surface area contributed by atoms with Crippen molar-refractivity contribution in [2.45, 2.75) is 37.6 Å². The number of carbonyl (C=O) groups excluding carboxylic acids is 1. The maximum atomic E-state index is 11.7. The van der Waals surface area contributed by atoms with Crippen LogP contribution in [0, 0.1) is 0 Å². The van der Waals surface area contributed by atoms with Gasteiger partial charge in [0.15, 0.2) is 11.5 Å². The second kappa shape index (κ2) is 4.74. The summed E-state index contributed by atoms with van der Waals surface area (Å²) in [6, 6.07) is 3.33. The van der Waals surface area contributed by atoms with E-state index < -0.39 is 0 Å². The molecule has 1 atom stereocenters. The third kappa shape index (κ3) is 2.28. The van der Waals surface area contributed by atoms with Gasteiger partial charge in [0.2, 0.25) is 0 Å². The fourth-order valence-electron chi connectivity index (χ4n) is 2.59. The second-order valence-corrected chi connectivity index (χ2v) is 4.86. The Bertz CT molecular complexity index is 409. The van der Waals surface area contributed by atoms with Gasteiger partial charge in [0, 0.05) is 19.4 Å². The van der Waals surface area contributed by atoms with Gasteiger partial charge in [-0.3, -0.25) is 4.79 Å². The van der Waals surface area contributed by atoms with Gasteiger partial charge >= 0.3 is 0 Å². The molecule has 18 heavy (non-hydrogen) atoms. The van der Waals surface area contributed by atoms with E-state index in [-0.39, 0.29) is 17.8 Å². The Morgan fingerprint density at radius 3 is 3.00 bits per heavy atom. The Kier molecular flexibility index (Phi) is 3.09. The molecule has 0 radical (unpaired) electrons. The van der Waals surface area contributed by atoms with E-state index in [0.29, 0.717) is 18.9 Å². The van der Waals surface area contributed by atoms with Gasteiger partial charge in [0.05, 0.1) is 12.9 Å². The molecule has 1 N–H and O–H groups in total. The summed E-state index contributed by atoms with van der Waals surface area (Å²) in [5.41, 5.74) is 0. The first-order chi connectivity index (χ1) is 8.77. The van der Waals surface area contributed by atoms with Crippen LogP contribution in [0.3, 0.4) is 0 Å². The summed E-state index contributed by atoms with van der Waals surface area (Å²) < 4.78 is 16.7. The minimum absolute atomic E-state index is 0.0537. The third-order valence-corrected chi connectivity index (χ3v) is 3.51.